The van der Waals surface area contributed by atoms with Crippen LogP contribution in [0.3, 0.4) is 0 Å². The number of hydrogen-bond donors (Lipinski definition) is 1. The predicted molar refractivity (Wildman–Crippen MR) is 90.2 cm³/mol. The summed E-state index contributed by atoms with van der Waals surface area (Å²) in [5, 5.41) is 2.93. The lowest BCUT2D eigenvalue weighted by atomic mass is 10.2. The fourth-order valence-corrected chi connectivity index (χ4v) is 2.47. The Kier molecular flexibility index (Phi) is 4.57. The molecule has 0 bridgehead atoms. The van der Waals surface area contributed by atoms with Crippen LogP contribution in [0.2, 0.25) is 0 Å². The lowest BCUT2D eigenvalue weighted by Gasteiger charge is -2.17. The highest BCUT2D eigenvalue weighted by Gasteiger charge is 2.08. The van der Waals surface area contributed by atoms with E-state index in [0.29, 0.717) is 19.5 Å². The lowest BCUT2D eigenvalue weighted by molar-refractivity contribution is 0.207. The summed E-state index contributed by atoms with van der Waals surface area (Å²) < 4.78 is 1.98. The van der Waals surface area contributed by atoms with Gasteiger partial charge in [0.1, 0.15) is 5.65 Å². The third-order valence-corrected chi connectivity index (χ3v) is 3.68. The molecule has 0 spiro atoms. The van der Waals surface area contributed by atoms with Crippen LogP contribution < -0.4 is 5.32 Å². The van der Waals surface area contributed by atoms with Crippen molar-refractivity contribution in [2.75, 3.05) is 13.6 Å². The predicted octanol–water partition coefficient (Wildman–Crippen LogP) is 2.72. The third kappa shape index (κ3) is 3.88. The monoisotopic (exact) mass is 308 g/mol. The lowest BCUT2D eigenvalue weighted by Crippen LogP contribution is -2.37. The molecule has 2 heterocycles. The summed E-state index contributed by atoms with van der Waals surface area (Å²) in [5.41, 5.74) is 3.02. The van der Waals surface area contributed by atoms with Crippen LogP contribution in [0.25, 0.3) is 5.65 Å². The van der Waals surface area contributed by atoms with E-state index in [0.717, 1.165) is 16.9 Å². The smallest absolute Gasteiger partial charge is 0.317 e. The fraction of sp³-hybridized carbons (Fsp3) is 0.222. The van der Waals surface area contributed by atoms with Gasteiger partial charge in [0.15, 0.2) is 0 Å². The van der Waals surface area contributed by atoms with Gasteiger partial charge in [0.2, 0.25) is 0 Å². The molecular weight excluding hydrogens is 288 g/mol. The molecule has 0 aliphatic rings. The van der Waals surface area contributed by atoms with E-state index in [2.05, 4.69) is 10.3 Å². The van der Waals surface area contributed by atoms with E-state index in [4.69, 9.17) is 0 Å². The van der Waals surface area contributed by atoms with Crippen molar-refractivity contribution in [3.63, 3.8) is 0 Å². The van der Waals surface area contributed by atoms with Gasteiger partial charge in [-0.15, -0.1) is 0 Å². The molecule has 2 aromatic heterocycles. The molecule has 118 valence electrons. The molecule has 5 heteroatoms. The molecule has 3 aromatic rings. The summed E-state index contributed by atoms with van der Waals surface area (Å²) in [5.74, 6) is 0. The van der Waals surface area contributed by atoms with Gasteiger partial charge >= 0.3 is 6.03 Å². The molecule has 2 amide bonds. The Morgan fingerprint density at radius 2 is 1.96 bits per heavy atom. The van der Waals surface area contributed by atoms with E-state index in [1.54, 1.807) is 11.9 Å². The Morgan fingerprint density at radius 1 is 1.17 bits per heavy atom. The number of fused-ring (bicyclic) bond motifs is 1. The summed E-state index contributed by atoms with van der Waals surface area (Å²) in [7, 11) is 1.80. The van der Waals surface area contributed by atoms with Crippen molar-refractivity contribution in [2.24, 2.45) is 0 Å². The highest BCUT2D eigenvalue weighted by Crippen LogP contribution is 2.05. The van der Waals surface area contributed by atoms with E-state index in [1.165, 1.54) is 0 Å². The zero-order valence-electron chi connectivity index (χ0n) is 13.1. The first kappa shape index (κ1) is 15.1. The first-order chi connectivity index (χ1) is 11.2. The van der Waals surface area contributed by atoms with Crippen LogP contribution in [-0.2, 0) is 13.0 Å². The van der Waals surface area contributed by atoms with Crippen molar-refractivity contribution in [3.8, 4) is 0 Å². The molecular formula is C18H20N4O. The summed E-state index contributed by atoms with van der Waals surface area (Å²) >= 11 is 0. The van der Waals surface area contributed by atoms with Crippen LogP contribution in [0.4, 0.5) is 4.79 Å². The highest BCUT2D eigenvalue weighted by molar-refractivity contribution is 5.73. The van der Waals surface area contributed by atoms with Crippen LogP contribution in [0.5, 0.6) is 0 Å². The van der Waals surface area contributed by atoms with Crippen molar-refractivity contribution in [2.45, 2.75) is 13.0 Å². The minimum Gasteiger partial charge on any atom is -0.338 e. The molecule has 0 radical (unpaired) electrons. The number of amides is 2. The van der Waals surface area contributed by atoms with Crippen LogP contribution in [0.15, 0.2) is 60.9 Å². The Labute approximate surface area is 135 Å². The van der Waals surface area contributed by atoms with Gasteiger partial charge < -0.3 is 14.6 Å². The molecule has 0 atom stereocenters. The van der Waals surface area contributed by atoms with E-state index in [-0.39, 0.29) is 6.03 Å². The maximum Gasteiger partial charge on any atom is 0.317 e. The second kappa shape index (κ2) is 6.96. The third-order valence-electron chi connectivity index (χ3n) is 3.68. The van der Waals surface area contributed by atoms with Crippen LogP contribution in [0.1, 0.15) is 11.3 Å². The zero-order chi connectivity index (χ0) is 16.1. The van der Waals surface area contributed by atoms with Crippen LogP contribution in [0, 0.1) is 0 Å². The number of carbonyl (C=O) groups is 1. The average molecular weight is 308 g/mol. The molecule has 0 unspecified atom stereocenters. The van der Waals surface area contributed by atoms with Gasteiger partial charge in [-0.05, 0) is 17.7 Å². The van der Waals surface area contributed by atoms with Gasteiger partial charge in [0, 0.05) is 39.0 Å². The Balaban J connectivity index is 1.48. The van der Waals surface area contributed by atoms with Gasteiger partial charge in [-0.3, -0.25) is 0 Å². The summed E-state index contributed by atoms with van der Waals surface area (Å²) in [4.78, 5) is 18.3. The number of urea groups is 1. The number of aromatic nitrogens is 2. The highest BCUT2D eigenvalue weighted by atomic mass is 16.2. The first-order valence-electron chi connectivity index (χ1n) is 7.68. The number of pyridine rings is 1. The van der Waals surface area contributed by atoms with Gasteiger partial charge in [-0.25, -0.2) is 9.78 Å². The Hall–Kier alpha value is -2.82. The van der Waals surface area contributed by atoms with E-state index in [9.17, 15) is 4.79 Å². The second-order valence-electron chi connectivity index (χ2n) is 5.52. The summed E-state index contributed by atoms with van der Waals surface area (Å²) in [6.45, 7) is 1.17. The molecule has 0 fully saturated rings. The normalized spacial score (nSPS) is 10.7. The van der Waals surface area contributed by atoms with E-state index < -0.39 is 0 Å². The minimum atomic E-state index is -0.0717. The second-order valence-corrected chi connectivity index (χ2v) is 5.52. The van der Waals surface area contributed by atoms with Gasteiger partial charge in [-0.1, -0.05) is 36.4 Å². The quantitative estimate of drug-likeness (QED) is 0.788. The first-order valence-corrected chi connectivity index (χ1v) is 7.68. The van der Waals surface area contributed by atoms with Gasteiger partial charge in [0.25, 0.3) is 0 Å². The van der Waals surface area contributed by atoms with Gasteiger partial charge in [0.05, 0.1) is 5.69 Å². The summed E-state index contributed by atoms with van der Waals surface area (Å²) in [6, 6.07) is 15.8. The molecule has 0 saturated heterocycles. The Bertz CT molecular complexity index is 749. The molecule has 5 nitrogen and oxygen atoms in total. The number of nitrogens with zero attached hydrogens (tertiary/aromatic N) is 3. The van der Waals surface area contributed by atoms with Crippen molar-refractivity contribution in [1.29, 1.82) is 0 Å². The molecule has 0 saturated carbocycles. The maximum atomic E-state index is 12.1. The van der Waals surface area contributed by atoms with Crippen LogP contribution in [-0.4, -0.2) is 33.9 Å². The van der Waals surface area contributed by atoms with Gasteiger partial charge in [-0.2, -0.15) is 0 Å². The standard InChI is InChI=1S/C18H20N4O/c1-21(13-15-7-3-2-4-8-15)18(23)19-11-10-16-14-22-12-6-5-9-17(22)20-16/h2-9,12,14H,10-11,13H2,1H3,(H,19,23). The van der Waals surface area contributed by atoms with E-state index in [1.807, 2.05) is 65.3 Å². The number of benzene rings is 1. The molecule has 23 heavy (non-hydrogen) atoms. The molecule has 0 aliphatic carbocycles. The SMILES string of the molecule is CN(Cc1ccccc1)C(=O)NCCc1cn2ccccc2n1. The topological polar surface area (TPSA) is 49.6 Å². The van der Waals surface area contributed by atoms with Crippen molar-refractivity contribution < 1.29 is 4.79 Å². The van der Waals surface area contributed by atoms with E-state index >= 15 is 0 Å². The average Bonchev–Trinajstić information content (AvgIpc) is 2.98. The van der Waals surface area contributed by atoms with Crippen molar-refractivity contribution in [1.82, 2.24) is 19.6 Å². The summed E-state index contributed by atoms with van der Waals surface area (Å²) in [6.07, 6.45) is 4.68. The zero-order valence-corrected chi connectivity index (χ0v) is 13.1. The number of nitrogens with one attached hydrogen (secondary N) is 1. The fourth-order valence-electron chi connectivity index (χ4n) is 2.47. The molecule has 3 rings (SSSR count). The van der Waals surface area contributed by atoms with Crippen LogP contribution >= 0.6 is 0 Å². The largest absolute Gasteiger partial charge is 0.338 e. The Morgan fingerprint density at radius 3 is 2.74 bits per heavy atom. The maximum absolute atomic E-state index is 12.1. The molecule has 0 aliphatic heterocycles. The number of imidazole rings is 1. The number of hydrogen-bond acceptors (Lipinski definition) is 2. The number of carbonyl (C=O) groups excluding carboxylic acids is 1. The number of rotatable bonds is 5. The van der Waals surface area contributed by atoms with Crippen molar-refractivity contribution >= 4 is 11.7 Å². The molecule has 1 N–H and O–H groups in total. The molecule has 1 aromatic carbocycles. The van der Waals surface area contributed by atoms with Crippen molar-refractivity contribution in [3.05, 3.63) is 72.2 Å². The minimum absolute atomic E-state index is 0.0717.